The Bertz CT molecular complexity index is 1960. The number of nitrogens with zero attached hydrogens (tertiary/aromatic N) is 6. The van der Waals surface area contributed by atoms with E-state index < -0.39 is 45.4 Å². The van der Waals surface area contributed by atoms with Crippen LogP contribution in [0.15, 0.2) is 35.4 Å². The normalized spacial score (nSPS) is 18.8. The maximum atomic E-state index is 16.1. The highest BCUT2D eigenvalue weighted by Gasteiger charge is 2.45. The molecule has 5 heterocycles. The minimum atomic E-state index is -3.53. The molecule has 1 unspecified atom stereocenters. The third-order valence-electron chi connectivity index (χ3n) is 10.7. The summed E-state index contributed by atoms with van der Waals surface area (Å²) >= 11 is 0. The molecule has 14 nitrogen and oxygen atoms in total. The maximum absolute atomic E-state index is 16.1. The summed E-state index contributed by atoms with van der Waals surface area (Å²) in [7, 11) is -3.41. The average molecular weight is 780 g/mol. The fraction of sp³-hybridized carbons (Fsp3) is 0.611. The van der Waals surface area contributed by atoms with E-state index >= 15 is 13.2 Å². The minimum absolute atomic E-state index is 0.0132. The van der Waals surface area contributed by atoms with Crippen LogP contribution in [-0.4, -0.2) is 108 Å². The van der Waals surface area contributed by atoms with E-state index in [2.05, 4.69) is 15.3 Å². The van der Waals surface area contributed by atoms with Gasteiger partial charge in [-0.3, -0.25) is 9.36 Å². The molecule has 6 rings (SSSR count). The molecule has 18 heteroatoms. The zero-order valence-corrected chi connectivity index (χ0v) is 31.4. The number of piperidine rings is 1. The van der Waals surface area contributed by atoms with Gasteiger partial charge >= 0.3 is 6.09 Å². The molecule has 0 saturated carbocycles. The number of amides is 1. The zero-order chi connectivity index (χ0) is 38.6. The van der Waals surface area contributed by atoms with Crippen molar-refractivity contribution in [1.82, 2.24) is 23.7 Å². The van der Waals surface area contributed by atoms with Gasteiger partial charge in [-0.2, -0.15) is 4.31 Å². The van der Waals surface area contributed by atoms with Crippen molar-refractivity contribution < 1.29 is 41.0 Å². The number of fused-ring (bicyclic) bond motifs is 1. The SMILES string of the molecule is CC(Nc1ncnc2c1cc(N1CCN(S(C)(=O)=O)CC1)c(=O)n2CCCCCCC1OCCO1)c1cccc(C(F)(F)C2CCN(C(=O)O)CC2)c1F. The molecule has 54 heavy (non-hydrogen) atoms. The summed E-state index contributed by atoms with van der Waals surface area (Å²) in [5, 5.41) is 12.9. The highest BCUT2D eigenvalue weighted by atomic mass is 32.2. The first-order valence-corrected chi connectivity index (χ1v) is 20.3. The van der Waals surface area contributed by atoms with Crippen LogP contribution in [0.25, 0.3) is 11.0 Å². The average Bonchev–Trinajstić information content (AvgIpc) is 3.67. The van der Waals surface area contributed by atoms with E-state index in [0.29, 0.717) is 42.9 Å². The largest absolute Gasteiger partial charge is 0.465 e. The maximum Gasteiger partial charge on any atom is 0.407 e. The Hall–Kier alpha value is -4.00. The Labute approximate surface area is 312 Å². The molecular weight excluding hydrogens is 731 g/mol. The van der Waals surface area contributed by atoms with E-state index in [9.17, 15) is 23.1 Å². The number of hydrogen-bond donors (Lipinski definition) is 2. The van der Waals surface area contributed by atoms with Gasteiger partial charge in [0.15, 0.2) is 6.29 Å². The first-order valence-electron chi connectivity index (χ1n) is 18.5. The number of benzene rings is 1. The van der Waals surface area contributed by atoms with Crippen molar-refractivity contribution in [3.05, 3.63) is 57.9 Å². The lowest BCUT2D eigenvalue weighted by molar-refractivity contribution is -0.0861. The number of pyridine rings is 1. The van der Waals surface area contributed by atoms with Crippen molar-refractivity contribution in [2.75, 3.05) is 69.0 Å². The van der Waals surface area contributed by atoms with Gasteiger partial charge in [0.25, 0.3) is 11.5 Å². The molecule has 2 N–H and O–H groups in total. The van der Waals surface area contributed by atoms with Crippen molar-refractivity contribution in [3.8, 4) is 0 Å². The number of sulfonamides is 1. The number of aryl methyl sites for hydroxylation is 1. The van der Waals surface area contributed by atoms with Gasteiger partial charge in [0, 0.05) is 57.3 Å². The van der Waals surface area contributed by atoms with Crippen LogP contribution in [0.3, 0.4) is 0 Å². The van der Waals surface area contributed by atoms with Gasteiger partial charge in [-0.05, 0) is 45.1 Å². The molecule has 3 aliphatic rings. The number of likely N-dealkylation sites (tertiary alicyclic amines) is 1. The Morgan fingerprint density at radius 1 is 1.04 bits per heavy atom. The summed E-state index contributed by atoms with van der Waals surface area (Å²) in [6.45, 7) is 4.06. The van der Waals surface area contributed by atoms with Crippen LogP contribution >= 0.6 is 0 Å². The second-order valence-electron chi connectivity index (χ2n) is 14.2. The van der Waals surface area contributed by atoms with E-state index in [1.807, 2.05) is 4.90 Å². The van der Waals surface area contributed by atoms with E-state index in [1.165, 1.54) is 22.8 Å². The standard InChI is InChI=1S/C36H48F3N7O7S/c1-24(26-8-7-9-28(31(26)37)36(38,39)25-11-14-44(15-12-25)35(48)49)42-32-27-22-29(43-16-18-45(19-17-43)54(2,50)51)34(47)46(33(27)41-23-40-32)13-6-4-3-5-10-30-52-20-21-53-30/h7-9,22-25,30H,3-6,10-21H2,1-2H3,(H,48,49)(H,40,41,42). The van der Waals surface area contributed by atoms with Crippen molar-refractivity contribution in [3.63, 3.8) is 0 Å². The Morgan fingerprint density at radius 3 is 2.39 bits per heavy atom. The Kier molecular flexibility index (Phi) is 12.3. The van der Waals surface area contributed by atoms with Crippen LogP contribution in [0.4, 0.5) is 29.5 Å². The van der Waals surface area contributed by atoms with E-state index in [-0.39, 0.29) is 75.3 Å². The number of halogens is 3. The summed E-state index contributed by atoms with van der Waals surface area (Å²) in [4.78, 5) is 37.2. The van der Waals surface area contributed by atoms with Crippen LogP contribution in [0.5, 0.6) is 0 Å². The van der Waals surface area contributed by atoms with Crippen molar-refractivity contribution >= 4 is 38.7 Å². The van der Waals surface area contributed by atoms with E-state index in [0.717, 1.165) is 42.9 Å². The second-order valence-corrected chi connectivity index (χ2v) is 16.2. The molecule has 3 saturated heterocycles. The number of alkyl halides is 2. The van der Waals surface area contributed by atoms with Gasteiger partial charge in [-0.15, -0.1) is 0 Å². The Balaban J connectivity index is 1.26. The van der Waals surface area contributed by atoms with Crippen LogP contribution in [-0.2, 0) is 32.0 Å². The number of carbonyl (C=O) groups is 1. The first-order chi connectivity index (χ1) is 25.8. The number of carboxylic acid groups (broad SMARTS) is 1. The van der Waals surface area contributed by atoms with Crippen LogP contribution in [0.2, 0.25) is 0 Å². The van der Waals surface area contributed by atoms with Gasteiger partial charge in [-0.1, -0.05) is 31.0 Å². The fourth-order valence-electron chi connectivity index (χ4n) is 7.56. The zero-order valence-electron chi connectivity index (χ0n) is 30.6. The molecule has 0 spiro atoms. The fourth-order valence-corrected chi connectivity index (χ4v) is 8.39. The number of unbranched alkanes of at least 4 members (excludes halogenated alkanes) is 3. The molecule has 3 aromatic rings. The minimum Gasteiger partial charge on any atom is -0.465 e. The monoisotopic (exact) mass is 779 g/mol. The van der Waals surface area contributed by atoms with Crippen molar-refractivity contribution in [2.24, 2.45) is 5.92 Å². The predicted octanol–water partition coefficient (Wildman–Crippen LogP) is 4.99. The summed E-state index contributed by atoms with van der Waals surface area (Å²) < 4.78 is 86.1. The number of piperazine rings is 1. The number of hydrogen-bond acceptors (Lipinski definition) is 10. The molecule has 0 aliphatic carbocycles. The second kappa shape index (κ2) is 16.8. The number of ether oxygens (including phenoxy) is 2. The van der Waals surface area contributed by atoms with Crippen molar-refractivity contribution in [1.29, 1.82) is 0 Å². The topological polar surface area (TPSA) is 159 Å². The van der Waals surface area contributed by atoms with Gasteiger partial charge in [0.1, 0.15) is 29.3 Å². The lowest BCUT2D eigenvalue weighted by Crippen LogP contribution is -2.50. The van der Waals surface area contributed by atoms with Crippen LogP contribution in [0, 0.1) is 11.7 Å². The number of aromatic nitrogens is 3. The summed E-state index contributed by atoms with van der Waals surface area (Å²) in [5.41, 5.74) is -0.345. The molecule has 3 fully saturated rings. The lowest BCUT2D eigenvalue weighted by Gasteiger charge is -2.35. The van der Waals surface area contributed by atoms with Gasteiger partial charge in [-0.25, -0.2) is 36.4 Å². The molecule has 1 atom stereocenters. The summed E-state index contributed by atoms with van der Waals surface area (Å²) in [6, 6.07) is 4.69. The van der Waals surface area contributed by atoms with Gasteiger partial charge in [0.2, 0.25) is 10.0 Å². The molecular formula is C36H48F3N7O7S. The number of anilines is 2. The van der Waals surface area contributed by atoms with Gasteiger partial charge < -0.3 is 29.7 Å². The van der Waals surface area contributed by atoms with Gasteiger partial charge in [0.05, 0.1) is 36.5 Å². The third kappa shape index (κ3) is 8.76. The highest BCUT2D eigenvalue weighted by molar-refractivity contribution is 7.88. The summed E-state index contributed by atoms with van der Waals surface area (Å²) in [6.07, 6.45) is 5.05. The number of rotatable bonds is 14. The molecule has 0 bridgehead atoms. The highest BCUT2D eigenvalue weighted by Crippen LogP contribution is 2.44. The quantitative estimate of drug-likeness (QED) is 0.212. The molecule has 2 aromatic heterocycles. The summed E-state index contributed by atoms with van der Waals surface area (Å²) in [5.74, 6) is -5.55. The van der Waals surface area contributed by atoms with E-state index in [4.69, 9.17) is 9.47 Å². The molecule has 1 amide bonds. The third-order valence-corrected chi connectivity index (χ3v) is 12.0. The molecule has 1 aromatic carbocycles. The van der Waals surface area contributed by atoms with Crippen molar-refractivity contribution in [2.45, 2.75) is 76.7 Å². The molecule has 296 valence electrons. The Morgan fingerprint density at radius 2 is 1.72 bits per heavy atom. The lowest BCUT2D eigenvalue weighted by atomic mass is 9.85. The van der Waals surface area contributed by atoms with Crippen LogP contribution in [0.1, 0.15) is 69.0 Å². The molecule has 3 aliphatic heterocycles. The van der Waals surface area contributed by atoms with Crippen LogP contribution < -0.4 is 15.8 Å². The smallest absolute Gasteiger partial charge is 0.407 e. The number of nitrogens with one attached hydrogen (secondary N) is 1. The molecule has 0 radical (unpaired) electrons. The first kappa shape index (κ1) is 39.7. The van der Waals surface area contributed by atoms with E-state index in [1.54, 1.807) is 17.6 Å². The predicted molar refractivity (Wildman–Crippen MR) is 196 cm³/mol.